The van der Waals surface area contributed by atoms with Crippen molar-refractivity contribution in [1.29, 1.82) is 0 Å². The molecule has 1 aromatic carbocycles. The van der Waals surface area contributed by atoms with Crippen LogP contribution in [-0.4, -0.2) is 11.9 Å². The fraction of sp³-hybridized carbons (Fsp3) is 0.111. The number of benzene rings is 1. The monoisotopic (exact) mass is 257 g/mol. The zero-order valence-electron chi connectivity index (χ0n) is 7.24. The third kappa shape index (κ3) is 2.56. The van der Waals surface area contributed by atoms with Gasteiger partial charge in [-0.2, -0.15) is 0 Å². The van der Waals surface area contributed by atoms with Crippen LogP contribution in [-0.2, 0) is 4.79 Å². The van der Waals surface area contributed by atoms with Crippen molar-refractivity contribution in [3.8, 4) is 5.75 Å². The van der Waals surface area contributed by atoms with Crippen molar-refractivity contribution in [2.75, 3.05) is 0 Å². The molecule has 0 fully saturated rings. The van der Waals surface area contributed by atoms with Crippen LogP contribution in [0.2, 0.25) is 0 Å². The lowest BCUT2D eigenvalue weighted by Crippen LogP contribution is -2.23. The van der Waals surface area contributed by atoms with Crippen molar-refractivity contribution in [1.82, 2.24) is 0 Å². The van der Waals surface area contributed by atoms with E-state index in [0.29, 0.717) is 4.47 Å². The molecule has 0 radical (unpaired) electrons. The van der Waals surface area contributed by atoms with Gasteiger partial charge in [-0.15, -0.1) is 0 Å². The normalized spacial score (nSPS) is 9.57. The fourth-order valence-electron chi connectivity index (χ4n) is 0.904. The largest absolute Gasteiger partial charge is 0.545 e. The maximum Gasteiger partial charge on any atom is 0.308 e. The molecule has 0 saturated carbocycles. The number of aromatic carboxylic acids is 1. The highest BCUT2D eigenvalue weighted by atomic mass is 79.9. The molecule has 0 N–H and O–H groups in total. The molecule has 1 aromatic rings. The average molecular weight is 258 g/mol. The Morgan fingerprint density at radius 3 is 2.57 bits per heavy atom. The topological polar surface area (TPSA) is 66.4 Å². The molecular weight excluding hydrogens is 252 g/mol. The number of carbonyl (C=O) groups excluding carboxylic acids is 2. The molecule has 0 aliphatic heterocycles. The molecule has 0 aliphatic carbocycles. The summed E-state index contributed by atoms with van der Waals surface area (Å²) in [6, 6.07) is 4.22. The average Bonchev–Trinajstić information content (AvgIpc) is 2.01. The Hall–Kier alpha value is -1.36. The Morgan fingerprint density at radius 2 is 2.07 bits per heavy atom. The first-order chi connectivity index (χ1) is 6.50. The zero-order chi connectivity index (χ0) is 10.7. The number of hydrogen-bond acceptors (Lipinski definition) is 4. The highest BCUT2D eigenvalue weighted by molar-refractivity contribution is 9.10. The molecule has 5 heteroatoms. The number of carbonyl (C=O) groups is 2. The summed E-state index contributed by atoms with van der Waals surface area (Å²) in [6.45, 7) is 1.19. The molecule has 0 saturated heterocycles. The van der Waals surface area contributed by atoms with Gasteiger partial charge in [-0.25, -0.2) is 0 Å². The van der Waals surface area contributed by atoms with Crippen molar-refractivity contribution in [3.63, 3.8) is 0 Å². The van der Waals surface area contributed by atoms with E-state index in [1.807, 2.05) is 0 Å². The van der Waals surface area contributed by atoms with Gasteiger partial charge in [0.25, 0.3) is 0 Å². The minimum absolute atomic E-state index is 0.0214. The van der Waals surface area contributed by atoms with Gasteiger partial charge in [0.2, 0.25) is 0 Å². The van der Waals surface area contributed by atoms with E-state index in [9.17, 15) is 14.7 Å². The van der Waals surface area contributed by atoms with Gasteiger partial charge in [-0.1, -0.05) is 15.9 Å². The third-order valence-corrected chi connectivity index (χ3v) is 1.91. The Morgan fingerprint density at radius 1 is 1.43 bits per heavy atom. The van der Waals surface area contributed by atoms with Gasteiger partial charge in [-0.05, 0) is 18.2 Å². The van der Waals surface area contributed by atoms with E-state index in [1.165, 1.54) is 25.1 Å². The van der Waals surface area contributed by atoms with E-state index >= 15 is 0 Å². The Bertz CT molecular complexity index is 386. The van der Waals surface area contributed by atoms with Crippen LogP contribution in [0.3, 0.4) is 0 Å². The minimum atomic E-state index is -1.38. The van der Waals surface area contributed by atoms with Crippen molar-refractivity contribution in [2.24, 2.45) is 0 Å². The Labute approximate surface area is 88.6 Å². The quantitative estimate of drug-likeness (QED) is 0.579. The van der Waals surface area contributed by atoms with E-state index in [-0.39, 0.29) is 11.3 Å². The van der Waals surface area contributed by atoms with Crippen LogP contribution in [0.1, 0.15) is 17.3 Å². The van der Waals surface area contributed by atoms with Gasteiger partial charge in [0.1, 0.15) is 5.75 Å². The lowest BCUT2D eigenvalue weighted by Gasteiger charge is -2.09. The molecule has 74 valence electrons. The van der Waals surface area contributed by atoms with E-state index in [4.69, 9.17) is 4.74 Å². The number of ether oxygens (including phenoxy) is 1. The van der Waals surface area contributed by atoms with Crippen molar-refractivity contribution < 1.29 is 19.4 Å². The lowest BCUT2D eigenvalue weighted by atomic mass is 10.2. The predicted molar refractivity (Wildman–Crippen MR) is 49.8 cm³/mol. The molecule has 14 heavy (non-hydrogen) atoms. The maximum atomic E-state index is 10.6. The number of halogens is 1. The second-order valence-electron chi connectivity index (χ2n) is 2.52. The van der Waals surface area contributed by atoms with E-state index < -0.39 is 11.9 Å². The van der Waals surface area contributed by atoms with Crippen LogP contribution in [0.4, 0.5) is 0 Å². The van der Waals surface area contributed by atoms with Crippen LogP contribution < -0.4 is 9.84 Å². The Balaban J connectivity index is 3.15. The molecule has 1 rings (SSSR count). The molecular formula is C9H6BrO4-. The summed E-state index contributed by atoms with van der Waals surface area (Å²) >= 11 is 3.13. The second-order valence-corrected chi connectivity index (χ2v) is 3.44. The maximum absolute atomic E-state index is 10.6. The van der Waals surface area contributed by atoms with Crippen LogP contribution in [0.25, 0.3) is 0 Å². The van der Waals surface area contributed by atoms with Gasteiger partial charge < -0.3 is 14.6 Å². The number of carboxylic acids is 1. The SMILES string of the molecule is CC(=O)Oc1cc(Br)ccc1C(=O)[O-]. The van der Waals surface area contributed by atoms with Gasteiger partial charge in [0.15, 0.2) is 0 Å². The first kappa shape index (κ1) is 10.7. The van der Waals surface area contributed by atoms with E-state index in [2.05, 4.69) is 15.9 Å². The Kier molecular flexibility index (Phi) is 3.24. The molecule has 0 bridgehead atoms. The van der Waals surface area contributed by atoms with Crippen LogP contribution in [0, 0.1) is 0 Å². The van der Waals surface area contributed by atoms with Gasteiger partial charge in [0, 0.05) is 17.0 Å². The zero-order valence-corrected chi connectivity index (χ0v) is 8.83. The molecule has 0 aliphatic rings. The molecule has 0 aromatic heterocycles. The highest BCUT2D eigenvalue weighted by Crippen LogP contribution is 2.23. The summed E-state index contributed by atoms with van der Waals surface area (Å²) in [5.74, 6) is -1.98. The number of hydrogen-bond donors (Lipinski definition) is 0. The minimum Gasteiger partial charge on any atom is -0.545 e. The highest BCUT2D eigenvalue weighted by Gasteiger charge is 2.07. The molecule has 0 heterocycles. The lowest BCUT2D eigenvalue weighted by molar-refractivity contribution is -0.255. The van der Waals surface area contributed by atoms with Crippen LogP contribution >= 0.6 is 15.9 Å². The predicted octanol–water partition coefficient (Wildman–Crippen LogP) is 0.738. The van der Waals surface area contributed by atoms with Gasteiger partial charge in [0.05, 0.1) is 5.97 Å². The first-order valence-electron chi connectivity index (χ1n) is 3.70. The van der Waals surface area contributed by atoms with Gasteiger partial charge in [-0.3, -0.25) is 4.79 Å². The van der Waals surface area contributed by atoms with E-state index in [1.54, 1.807) is 0 Å². The van der Waals surface area contributed by atoms with Crippen molar-refractivity contribution in [2.45, 2.75) is 6.92 Å². The smallest absolute Gasteiger partial charge is 0.308 e. The standard InChI is InChI=1S/C9H7BrO4/c1-5(11)14-8-4-6(10)2-3-7(8)9(12)13/h2-4H,1H3,(H,12,13)/p-1. The van der Waals surface area contributed by atoms with Crippen LogP contribution in [0.5, 0.6) is 5.75 Å². The fourth-order valence-corrected chi connectivity index (χ4v) is 1.24. The summed E-state index contributed by atoms with van der Waals surface area (Å²) in [5, 5.41) is 10.6. The summed E-state index contributed by atoms with van der Waals surface area (Å²) in [7, 11) is 0. The molecule has 0 atom stereocenters. The molecule has 0 amide bonds. The summed E-state index contributed by atoms with van der Waals surface area (Å²) in [6.07, 6.45) is 0. The summed E-state index contributed by atoms with van der Waals surface area (Å²) < 4.78 is 5.32. The number of rotatable bonds is 2. The molecule has 0 unspecified atom stereocenters. The van der Waals surface area contributed by atoms with Crippen molar-refractivity contribution >= 4 is 27.9 Å². The van der Waals surface area contributed by atoms with E-state index in [0.717, 1.165) is 0 Å². The molecule has 0 spiro atoms. The second kappa shape index (κ2) is 4.23. The van der Waals surface area contributed by atoms with Crippen LogP contribution in [0.15, 0.2) is 22.7 Å². The number of esters is 1. The van der Waals surface area contributed by atoms with Crippen molar-refractivity contribution in [3.05, 3.63) is 28.2 Å². The summed E-state index contributed by atoms with van der Waals surface area (Å²) in [4.78, 5) is 21.2. The summed E-state index contributed by atoms with van der Waals surface area (Å²) in [5.41, 5.74) is -0.150. The number of carboxylic acid groups (broad SMARTS) is 1. The third-order valence-electron chi connectivity index (χ3n) is 1.42. The molecule has 4 nitrogen and oxygen atoms in total. The first-order valence-corrected chi connectivity index (χ1v) is 4.49. The van der Waals surface area contributed by atoms with Gasteiger partial charge >= 0.3 is 5.97 Å².